The second kappa shape index (κ2) is 6.31. The predicted octanol–water partition coefficient (Wildman–Crippen LogP) is 2.70. The van der Waals surface area contributed by atoms with Crippen LogP contribution in [0.15, 0.2) is 42.5 Å². The Bertz CT molecular complexity index is 652. The lowest BCUT2D eigenvalue weighted by Crippen LogP contribution is -2.26. The first-order chi connectivity index (χ1) is 10.0. The Morgan fingerprint density at radius 1 is 1.19 bits per heavy atom. The van der Waals surface area contributed by atoms with E-state index in [9.17, 15) is 4.79 Å². The van der Waals surface area contributed by atoms with Crippen LogP contribution in [0.25, 0.3) is 0 Å². The average molecular weight is 283 g/mol. The van der Waals surface area contributed by atoms with Gasteiger partial charge >= 0.3 is 0 Å². The zero-order chi connectivity index (χ0) is 15.4. The van der Waals surface area contributed by atoms with Gasteiger partial charge in [0.05, 0.1) is 11.3 Å². The van der Waals surface area contributed by atoms with Crippen LogP contribution in [-0.2, 0) is 6.54 Å². The van der Waals surface area contributed by atoms with Crippen molar-refractivity contribution in [1.29, 1.82) is 0 Å². The Morgan fingerprint density at radius 3 is 2.57 bits per heavy atom. The van der Waals surface area contributed by atoms with Crippen molar-refractivity contribution in [2.75, 3.05) is 17.2 Å². The van der Waals surface area contributed by atoms with Gasteiger partial charge in [-0.05, 0) is 49.2 Å². The number of amides is 1. The van der Waals surface area contributed by atoms with E-state index in [2.05, 4.69) is 11.8 Å². The summed E-state index contributed by atoms with van der Waals surface area (Å²) in [6.07, 6.45) is 0. The highest BCUT2D eigenvalue weighted by Gasteiger charge is 2.14. The van der Waals surface area contributed by atoms with Crippen LogP contribution in [0.1, 0.15) is 28.4 Å². The Kier molecular flexibility index (Phi) is 4.48. The first-order valence-electron chi connectivity index (χ1n) is 7.01. The fourth-order valence-corrected chi connectivity index (χ4v) is 2.39. The van der Waals surface area contributed by atoms with Crippen LogP contribution >= 0.6 is 0 Å². The van der Waals surface area contributed by atoms with Gasteiger partial charge in [-0.25, -0.2) is 0 Å². The minimum absolute atomic E-state index is 0.406. The highest BCUT2D eigenvalue weighted by molar-refractivity contribution is 5.98. The molecule has 1 amide bonds. The molecule has 21 heavy (non-hydrogen) atoms. The summed E-state index contributed by atoms with van der Waals surface area (Å²) < 4.78 is 0. The van der Waals surface area contributed by atoms with Crippen LogP contribution in [0, 0.1) is 6.92 Å². The normalized spacial score (nSPS) is 10.4. The first kappa shape index (κ1) is 14.9. The third-order valence-electron chi connectivity index (χ3n) is 3.47. The van der Waals surface area contributed by atoms with Gasteiger partial charge in [0.2, 0.25) is 0 Å². The van der Waals surface area contributed by atoms with Gasteiger partial charge < -0.3 is 16.4 Å². The summed E-state index contributed by atoms with van der Waals surface area (Å²) >= 11 is 0. The summed E-state index contributed by atoms with van der Waals surface area (Å²) in [5.74, 6) is -0.406. The standard InChI is InChI=1S/C17H21N3O/c1-3-20(11-13-5-4-6-14(18)10-13)16-9-12(2)7-8-15(16)17(19)21/h4-10H,3,11,18H2,1-2H3,(H2,19,21). The molecule has 0 aliphatic heterocycles. The summed E-state index contributed by atoms with van der Waals surface area (Å²) in [6, 6.07) is 13.5. The number of benzene rings is 2. The summed E-state index contributed by atoms with van der Waals surface area (Å²) in [5.41, 5.74) is 15.7. The van der Waals surface area contributed by atoms with E-state index in [1.807, 2.05) is 43.3 Å². The summed E-state index contributed by atoms with van der Waals surface area (Å²) in [6.45, 7) is 5.52. The minimum Gasteiger partial charge on any atom is -0.399 e. The number of nitrogen functional groups attached to an aromatic ring is 1. The van der Waals surface area contributed by atoms with Crippen molar-refractivity contribution in [2.24, 2.45) is 5.73 Å². The molecule has 0 bridgehead atoms. The Balaban J connectivity index is 2.37. The quantitative estimate of drug-likeness (QED) is 0.829. The smallest absolute Gasteiger partial charge is 0.250 e. The molecule has 0 atom stereocenters. The summed E-state index contributed by atoms with van der Waals surface area (Å²) in [7, 11) is 0. The lowest BCUT2D eigenvalue weighted by Gasteiger charge is -2.25. The highest BCUT2D eigenvalue weighted by Crippen LogP contribution is 2.24. The lowest BCUT2D eigenvalue weighted by atomic mass is 10.1. The molecule has 0 saturated heterocycles. The molecule has 0 radical (unpaired) electrons. The molecule has 0 saturated carbocycles. The topological polar surface area (TPSA) is 72.3 Å². The van der Waals surface area contributed by atoms with Crippen LogP contribution in [0.3, 0.4) is 0 Å². The number of primary amides is 1. The van der Waals surface area contributed by atoms with Crippen molar-refractivity contribution in [3.63, 3.8) is 0 Å². The molecule has 4 N–H and O–H groups in total. The largest absolute Gasteiger partial charge is 0.399 e. The molecule has 2 aromatic rings. The fourth-order valence-electron chi connectivity index (χ4n) is 2.39. The van der Waals surface area contributed by atoms with E-state index < -0.39 is 5.91 Å². The monoisotopic (exact) mass is 283 g/mol. The number of hydrogen-bond acceptors (Lipinski definition) is 3. The third kappa shape index (κ3) is 3.54. The molecule has 2 aromatic carbocycles. The Morgan fingerprint density at radius 2 is 1.95 bits per heavy atom. The zero-order valence-corrected chi connectivity index (χ0v) is 12.5. The molecular formula is C17H21N3O. The van der Waals surface area contributed by atoms with Gasteiger partial charge in [0.25, 0.3) is 5.91 Å². The Labute approximate surface area is 125 Å². The average Bonchev–Trinajstić information content (AvgIpc) is 2.44. The molecule has 4 nitrogen and oxygen atoms in total. The molecule has 0 unspecified atom stereocenters. The number of carbonyl (C=O) groups excluding carboxylic acids is 1. The van der Waals surface area contributed by atoms with E-state index in [0.717, 1.165) is 29.0 Å². The number of nitrogens with zero attached hydrogens (tertiary/aromatic N) is 1. The van der Waals surface area contributed by atoms with E-state index in [-0.39, 0.29) is 0 Å². The van der Waals surface area contributed by atoms with Gasteiger partial charge in [0.1, 0.15) is 0 Å². The van der Waals surface area contributed by atoms with E-state index >= 15 is 0 Å². The summed E-state index contributed by atoms with van der Waals surface area (Å²) in [5, 5.41) is 0. The molecule has 110 valence electrons. The molecule has 2 rings (SSSR count). The molecule has 0 fully saturated rings. The zero-order valence-electron chi connectivity index (χ0n) is 12.5. The molecule has 4 heteroatoms. The number of aryl methyl sites for hydroxylation is 1. The third-order valence-corrected chi connectivity index (χ3v) is 3.47. The molecular weight excluding hydrogens is 262 g/mol. The first-order valence-corrected chi connectivity index (χ1v) is 7.01. The van der Waals surface area contributed by atoms with Crippen LogP contribution in [0.5, 0.6) is 0 Å². The van der Waals surface area contributed by atoms with Crippen molar-refractivity contribution >= 4 is 17.3 Å². The number of nitrogens with two attached hydrogens (primary N) is 2. The van der Waals surface area contributed by atoms with Crippen molar-refractivity contribution in [3.05, 3.63) is 59.2 Å². The maximum absolute atomic E-state index is 11.6. The second-order valence-electron chi connectivity index (χ2n) is 5.14. The van der Waals surface area contributed by atoms with Gasteiger partial charge in [-0.15, -0.1) is 0 Å². The van der Waals surface area contributed by atoms with Crippen molar-refractivity contribution in [2.45, 2.75) is 20.4 Å². The van der Waals surface area contributed by atoms with Crippen LogP contribution in [0.2, 0.25) is 0 Å². The van der Waals surface area contributed by atoms with E-state index in [1.54, 1.807) is 6.07 Å². The summed E-state index contributed by atoms with van der Waals surface area (Å²) in [4.78, 5) is 13.8. The predicted molar refractivity (Wildman–Crippen MR) is 87.3 cm³/mol. The molecule has 0 aromatic heterocycles. The van der Waals surface area contributed by atoms with Gasteiger partial charge in [-0.1, -0.05) is 18.2 Å². The van der Waals surface area contributed by atoms with Gasteiger partial charge in [-0.2, -0.15) is 0 Å². The maximum Gasteiger partial charge on any atom is 0.250 e. The highest BCUT2D eigenvalue weighted by atomic mass is 16.1. The SMILES string of the molecule is CCN(Cc1cccc(N)c1)c1cc(C)ccc1C(N)=O. The van der Waals surface area contributed by atoms with Crippen molar-refractivity contribution in [1.82, 2.24) is 0 Å². The fraction of sp³-hybridized carbons (Fsp3) is 0.235. The Hall–Kier alpha value is -2.49. The van der Waals surface area contributed by atoms with Gasteiger partial charge in [-0.3, -0.25) is 4.79 Å². The van der Waals surface area contributed by atoms with Crippen LogP contribution < -0.4 is 16.4 Å². The minimum atomic E-state index is -0.406. The second-order valence-corrected chi connectivity index (χ2v) is 5.14. The van der Waals surface area contributed by atoms with Crippen LogP contribution in [0.4, 0.5) is 11.4 Å². The van der Waals surface area contributed by atoms with E-state index in [4.69, 9.17) is 11.5 Å². The van der Waals surface area contributed by atoms with E-state index in [1.165, 1.54) is 0 Å². The molecule has 0 aliphatic carbocycles. The molecule has 0 aliphatic rings. The van der Waals surface area contributed by atoms with E-state index in [0.29, 0.717) is 12.1 Å². The number of anilines is 2. The van der Waals surface area contributed by atoms with Gasteiger partial charge in [0, 0.05) is 18.8 Å². The number of carbonyl (C=O) groups is 1. The number of rotatable bonds is 5. The van der Waals surface area contributed by atoms with Crippen molar-refractivity contribution < 1.29 is 4.79 Å². The van der Waals surface area contributed by atoms with Gasteiger partial charge in [0.15, 0.2) is 0 Å². The molecule has 0 heterocycles. The molecule has 0 spiro atoms. The maximum atomic E-state index is 11.6. The number of hydrogen-bond donors (Lipinski definition) is 2. The lowest BCUT2D eigenvalue weighted by molar-refractivity contribution is 0.100. The van der Waals surface area contributed by atoms with Crippen LogP contribution in [-0.4, -0.2) is 12.5 Å². The van der Waals surface area contributed by atoms with Crippen molar-refractivity contribution in [3.8, 4) is 0 Å².